The molecular weight excluding hydrogens is 1170 g/mol. The maximum absolute atomic E-state index is 12.7. The predicted molar refractivity (Wildman–Crippen MR) is 319 cm³/mol. The summed E-state index contributed by atoms with van der Waals surface area (Å²) in [7, 11) is 4.16. The molecule has 4 rings (SSSR count). The fourth-order valence-corrected chi connectivity index (χ4v) is 11.4. The molecule has 0 aromatic rings. The van der Waals surface area contributed by atoms with Gasteiger partial charge >= 0.3 is 23.9 Å². The van der Waals surface area contributed by atoms with E-state index >= 15 is 0 Å². The summed E-state index contributed by atoms with van der Waals surface area (Å²) in [5.74, 6) is -2.67. The number of ketones is 1. The molecule has 4 aliphatic heterocycles. The molecular formula is C63H110N2O24. The van der Waals surface area contributed by atoms with Gasteiger partial charge in [-0.3, -0.25) is 28.8 Å². The van der Waals surface area contributed by atoms with Gasteiger partial charge in [-0.15, -0.1) is 0 Å². The lowest BCUT2D eigenvalue weighted by Gasteiger charge is -2.47. The molecule has 0 aromatic carbocycles. The molecule has 4 heterocycles. The molecule has 0 radical (unpaired) electrons. The molecule has 0 spiro atoms. The molecule has 1 amide bonds. The summed E-state index contributed by atoms with van der Waals surface area (Å²) in [6, 6.07) is 0. The van der Waals surface area contributed by atoms with Crippen molar-refractivity contribution in [2.24, 2.45) is 5.92 Å². The van der Waals surface area contributed by atoms with Crippen LogP contribution < -0.4 is 5.32 Å². The van der Waals surface area contributed by atoms with E-state index in [-0.39, 0.29) is 11.8 Å². The second-order valence-corrected chi connectivity index (χ2v) is 25.0. The Hall–Kier alpha value is -3.58. The van der Waals surface area contributed by atoms with Crippen LogP contribution >= 0.6 is 0 Å². The average molecular weight is 1280 g/mol. The molecule has 0 aromatic heterocycles. The van der Waals surface area contributed by atoms with Crippen LogP contribution in [0.5, 0.6) is 0 Å². The van der Waals surface area contributed by atoms with Gasteiger partial charge in [0.15, 0.2) is 49.6 Å². The number of Topliss-reactive ketones (excluding diaryl/α,β-unsaturated/α-hetero) is 1. The molecule has 26 heteroatoms. The summed E-state index contributed by atoms with van der Waals surface area (Å²) in [5, 5.41) is 71.5. The van der Waals surface area contributed by atoms with E-state index in [0.29, 0.717) is 44.3 Å². The number of aliphatic hydroxyl groups excluding tert-OH is 6. The van der Waals surface area contributed by atoms with Gasteiger partial charge in [0, 0.05) is 53.5 Å². The van der Waals surface area contributed by atoms with Crippen molar-refractivity contribution in [3.8, 4) is 0 Å². The van der Waals surface area contributed by atoms with Gasteiger partial charge in [0.1, 0.15) is 54.6 Å². The van der Waals surface area contributed by atoms with Gasteiger partial charge in [0.2, 0.25) is 5.91 Å². The highest BCUT2D eigenvalue weighted by atomic mass is 16.8. The molecule has 89 heavy (non-hydrogen) atoms. The molecule has 4 saturated heterocycles. The number of unbranched alkanes of at least 4 members (excludes halogenated alkanes) is 16. The van der Waals surface area contributed by atoms with E-state index in [9.17, 15) is 59.4 Å². The van der Waals surface area contributed by atoms with Crippen LogP contribution in [0.25, 0.3) is 0 Å². The summed E-state index contributed by atoms with van der Waals surface area (Å²) >= 11 is 0. The highest BCUT2D eigenvalue weighted by Gasteiger charge is 2.54. The average Bonchev–Trinajstić information content (AvgIpc) is 1.12. The summed E-state index contributed by atoms with van der Waals surface area (Å²) < 4.78 is 69.5. The number of ether oxygens (including phenoxy) is 12. The first-order valence-corrected chi connectivity index (χ1v) is 32.7. The van der Waals surface area contributed by atoms with E-state index in [1.54, 1.807) is 0 Å². The molecule has 0 aliphatic carbocycles. The van der Waals surface area contributed by atoms with Gasteiger partial charge in [0.05, 0.1) is 38.6 Å². The zero-order chi connectivity index (χ0) is 65.4. The number of hydrogen-bond acceptors (Lipinski definition) is 25. The third-order valence-corrected chi connectivity index (χ3v) is 16.1. The van der Waals surface area contributed by atoms with Crippen LogP contribution in [0.3, 0.4) is 0 Å². The number of esters is 4. The molecule has 0 unspecified atom stereocenters. The number of aliphatic hydroxyl groups is 6. The van der Waals surface area contributed by atoms with Crippen molar-refractivity contribution in [2.75, 3.05) is 53.6 Å². The minimum Gasteiger partial charge on any atom is -0.457 e. The maximum atomic E-state index is 12.7. The van der Waals surface area contributed by atoms with E-state index in [1.807, 2.05) is 13.8 Å². The highest BCUT2D eigenvalue weighted by Crippen LogP contribution is 2.34. The maximum Gasteiger partial charge on any atom is 0.303 e. The van der Waals surface area contributed by atoms with E-state index in [1.165, 1.54) is 38.5 Å². The summed E-state index contributed by atoms with van der Waals surface area (Å²) in [5.41, 5.74) is 0. The Balaban J connectivity index is 1.24. The number of carbonyl (C=O) groups excluding carboxylic acids is 6. The van der Waals surface area contributed by atoms with Gasteiger partial charge in [-0.1, -0.05) is 104 Å². The van der Waals surface area contributed by atoms with Crippen LogP contribution in [0, 0.1) is 5.92 Å². The number of rotatable bonds is 43. The van der Waals surface area contributed by atoms with Crippen LogP contribution in [0.2, 0.25) is 0 Å². The molecule has 516 valence electrons. The Morgan fingerprint density at radius 1 is 0.472 bits per heavy atom. The number of amides is 1. The van der Waals surface area contributed by atoms with Crippen molar-refractivity contribution < 1.29 is 116 Å². The number of nitrogens with one attached hydrogen (secondary N) is 1. The van der Waals surface area contributed by atoms with Crippen LogP contribution in [0.1, 0.15) is 196 Å². The highest BCUT2D eigenvalue weighted by molar-refractivity contribution is 5.78. The molecule has 0 saturated carbocycles. The fraction of sp³-hybridized carbons (Fsp3) is 0.905. The molecule has 4 aliphatic rings. The minimum atomic E-state index is -1.93. The standard InChI is InChI=1S/C63H110N2O24/c1-39(2)34-47(45(71)30-24-19-16-18-23-29-44(70)28-22-17-14-12-10-9-11-13-15-20-25-31-51(73)64-32-26-21-27-33-65(7)8)86-62-58(89-61-54(76)52(74)48(36-79-61)82-40(3)66)56(46(72)35-78-62)88-60-55(77)53(75)49(37-80-60)87-63-59(85-43(6)69)57(84-42(5)68)50(38-81-63)83-41(4)67/h39,45-50,52-63,71-72,74-77H,9-38H2,1-8H3,(H,64,73)/t45-,46+,47-,48-,49+,50-,52-,53-,54+,55+,56-,57-,58+,59+,60-,61-,62-,63-/m0/s1. The largest absolute Gasteiger partial charge is 0.457 e. The lowest BCUT2D eigenvalue weighted by molar-refractivity contribution is -0.379. The van der Waals surface area contributed by atoms with Crippen molar-refractivity contribution in [3.05, 3.63) is 0 Å². The van der Waals surface area contributed by atoms with Crippen LogP contribution in [0.4, 0.5) is 0 Å². The van der Waals surface area contributed by atoms with Crippen molar-refractivity contribution in [1.82, 2.24) is 10.2 Å². The SMILES string of the molecule is CC(=O)O[C@@H]1[C@@H](OC(C)=O)[C@H](O[C@@H]2CO[C@@H](O[C@@H]3[C@@H](O[C@@H]4OC[C@H](OC(C)=O)[C@H](O)[C@H]4O)[C@H](O[C@@H](CC(C)C)[C@@H](O)CCCCCCCC(=O)CCCCCCCCCCCCCC(=O)NCCCCCN(C)C)OC[C@H]3O)[C@H](O)[C@H]2O)OC[C@@H]1OC(C)=O. The van der Waals surface area contributed by atoms with Gasteiger partial charge < -0.3 is 97.7 Å². The van der Waals surface area contributed by atoms with E-state index in [4.69, 9.17) is 56.8 Å². The van der Waals surface area contributed by atoms with Gasteiger partial charge in [-0.25, -0.2) is 0 Å². The normalized spacial score (nSPS) is 29.7. The lowest BCUT2D eigenvalue weighted by Crippen LogP contribution is -2.64. The van der Waals surface area contributed by atoms with Crippen molar-refractivity contribution in [2.45, 2.75) is 306 Å². The Bertz CT molecular complexity index is 2040. The van der Waals surface area contributed by atoms with Crippen molar-refractivity contribution in [1.29, 1.82) is 0 Å². The molecule has 4 fully saturated rings. The molecule has 18 atom stereocenters. The first-order chi connectivity index (χ1) is 42.4. The molecule has 7 N–H and O–H groups in total. The summed E-state index contributed by atoms with van der Waals surface area (Å²) in [6.07, 6.45) is -4.94. The smallest absolute Gasteiger partial charge is 0.303 e. The van der Waals surface area contributed by atoms with Crippen LogP contribution in [-0.2, 0) is 85.6 Å². The number of nitrogens with zero attached hydrogens (tertiary/aromatic N) is 1. The Morgan fingerprint density at radius 2 is 0.921 bits per heavy atom. The third-order valence-electron chi connectivity index (χ3n) is 16.1. The monoisotopic (exact) mass is 1280 g/mol. The zero-order valence-electron chi connectivity index (χ0n) is 54.2. The van der Waals surface area contributed by atoms with Crippen LogP contribution in [-0.4, -0.2) is 235 Å². The zero-order valence-corrected chi connectivity index (χ0v) is 54.2. The summed E-state index contributed by atoms with van der Waals surface area (Å²) in [4.78, 5) is 75.0. The third kappa shape index (κ3) is 29.5. The Labute approximate surface area is 526 Å². The minimum absolute atomic E-state index is 0.000594. The predicted octanol–water partition coefficient (Wildman–Crippen LogP) is 4.11. The van der Waals surface area contributed by atoms with E-state index in [2.05, 4.69) is 24.3 Å². The first-order valence-electron chi connectivity index (χ1n) is 32.7. The Kier molecular flexibility index (Phi) is 37.3. The molecule has 26 nitrogen and oxygen atoms in total. The van der Waals surface area contributed by atoms with E-state index < -0.39 is 161 Å². The quantitative estimate of drug-likeness (QED) is 0.0256. The van der Waals surface area contributed by atoms with Gasteiger partial charge in [-0.05, 0) is 71.5 Å². The second-order valence-electron chi connectivity index (χ2n) is 25.0. The number of hydrogen-bond donors (Lipinski definition) is 7. The first kappa shape index (κ1) is 77.9. The van der Waals surface area contributed by atoms with E-state index in [0.717, 1.165) is 118 Å². The summed E-state index contributed by atoms with van der Waals surface area (Å²) in [6.45, 7) is 8.38. The van der Waals surface area contributed by atoms with Crippen LogP contribution in [0.15, 0.2) is 0 Å². The number of carbonyl (C=O) groups is 6. The van der Waals surface area contributed by atoms with Gasteiger partial charge in [-0.2, -0.15) is 0 Å². The van der Waals surface area contributed by atoms with Crippen molar-refractivity contribution in [3.63, 3.8) is 0 Å². The second kappa shape index (κ2) is 42.6. The lowest BCUT2D eigenvalue weighted by atomic mass is 9.96. The van der Waals surface area contributed by atoms with Crippen molar-refractivity contribution >= 4 is 35.6 Å². The Morgan fingerprint density at radius 3 is 1.47 bits per heavy atom. The van der Waals surface area contributed by atoms with Gasteiger partial charge in [0.25, 0.3) is 0 Å². The fourth-order valence-electron chi connectivity index (χ4n) is 11.4. The molecule has 0 bridgehead atoms. The topological polar surface area (TPSA) is 350 Å².